The maximum absolute atomic E-state index is 12.8. The van der Waals surface area contributed by atoms with E-state index < -0.39 is 16.0 Å². The van der Waals surface area contributed by atoms with Crippen molar-refractivity contribution in [3.8, 4) is 17.0 Å². The number of sulfonamides is 1. The molecule has 3 aromatic carbocycles. The van der Waals surface area contributed by atoms with E-state index in [9.17, 15) is 13.2 Å². The van der Waals surface area contributed by atoms with Gasteiger partial charge in [0.2, 0.25) is 4.80 Å². The zero-order valence-corrected chi connectivity index (χ0v) is 21.0. The lowest BCUT2D eigenvalue weighted by molar-refractivity contribution is 0.0734. The van der Waals surface area contributed by atoms with Gasteiger partial charge in [-0.05, 0) is 66.2 Å². The summed E-state index contributed by atoms with van der Waals surface area (Å²) in [6.07, 6.45) is 1.68. The fraction of sp³-hybridized carbons (Fsp3) is 0.0400. The van der Waals surface area contributed by atoms with E-state index in [0.29, 0.717) is 22.7 Å². The van der Waals surface area contributed by atoms with Gasteiger partial charge in [0.05, 0.1) is 16.2 Å². The van der Waals surface area contributed by atoms with Gasteiger partial charge in [0.15, 0.2) is 0 Å². The minimum Gasteiger partial charge on any atom is -0.423 e. The molecule has 0 radical (unpaired) electrons. The van der Waals surface area contributed by atoms with Crippen LogP contribution in [0.4, 0.5) is 0 Å². The van der Waals surface area contributed by atoms with E-state index in [2.05, 4.69) is 26.9 Å². The summed E-state index contributed by atoms with van der Waals surface area (Å²) in [4.78, 5) is 12.7. The summed E-state index contributed by atoms with van der Waals surface area (Å²) >= 11 is 4.53. The van der Waals surface area contributed by atoms with Gasteiger partial charge in [0, 0.05) is 16.4 Å². The molecule has 6 nitrogen and oxygen atoms in total. The van der Waals surface area contributed by atoms with Crippen molar-refractivity contribution in [2.75, 3.05) is 0 Å². The molecule has 0 saturated carbocycles. The first-order valence-corrected chi connectivity index (χ1v) is 13.2. The quantitative estimate of drug-likeness (QED) is 0.167. The van der Waals surface area contributed by atoms with Crippen LogP contribution in [0.25, 0.3) is 11.3 Å². The lowest BCUT2D eigenvalue weighted by Crippen LogP contribution is -2.17. The highest BCUT2D eigenvalue weighted by atomic mass is 79.9. The number of hydrogen-bond donors (Lipinski definition) is 0. The predicted molar refractivity (Wildman–Crippen MR) is 136 cm³/mol. The van der Waals surface area contributed by atoms with Gasteiger partial charge in [-0.2, -0.15) is 8.42 Å². The SMILES string of the molecule is C=CCn1c(-c2ccc(OC(=O)c3ccccc3)cc2)cs/c1=N/S(=O)(=O)c1ccc(Br)cc1. The number of allylic oxidation sites excluding steroid dienone is 1. The molecule has 0 spiro atoms. The molecular weight excluding hydrogens is 536 g/mol. The lowest BCUT2D eigenvalue weighted by atomic mass is 10.1. The van der Waals surface area contributed by atoms with Crippen LogP contribution in [-0.4, -0.2) is 19.0 Å². The van der Waals surface area contributed by atoms with Crippen LogP contribution < -0.4 is 9.54 Å². The second-order valence-electron chi connectivity index (χ2n) is 7.10. The number of carbonyl (C=O) groups excluding carboxylic acids is 1. The minimum atomic E-state index is -3.88. The van der Waals surface area contributed by atoms with E-state index in [1.807, 2.05) is 23.6 Å². The number of benzene rings is 3. The van der Waals surface area contributed by atoms with Crippen LogP contribution in [0.2, 0.25) is 0 Å². The molecule has 0 atom stereocenters. The van der Waals surface area contributed by atoms with Crippen molar-refractivity contribution >= 4 is 43.3 Å². The number of rotatable bonds is 7. The third kappa shape index (κ3) is 5.44. The third-order valence-electron chi connectivity index (χ3n) is 4.79. The Morgan fingerprint density at radius 3 is 2.35 bits per heavy atom. The van der Waals surface area contributed by atoms with Crippen LogP contribution in [-0.2, 0) is 16.6 Å². The zero-order chi connectivity index (χ0) is 24.1. The smallest absolute Gasteiger partial charge is 0.343 e. The van der Waals surface area contributed by atoms with Crippen LogP contribution in [0.5, 0.6) is 5.75 Å². The first kappa shape index (κ1) is 23.9. The number of thiazole rings is 1. The van der Waals surface area contributed by atoms with Crippen LogP contribution in [0.3, 0.4) is 0 Å². The van der Waals surface area contributed by atoms with Crippen molar-refractivity contribution < 1.29 is 17.9 Å². The fourth-order valence-electron chi connectivity index (χ4n) is 3.14. The highest BCUT2D eigenvalue weighted by Crippen LogP contribution is 2.24. The van der Waals surface area contributed by atoms with E-state index in [1.54, 1.807) is 59.2 Å². The summed E-state index contributed by atoms with van der Waals surface area (Å²) in [6.45, 7) is 4.15. The van der Waals surface area contributed by atoms with Gasteiger partial charge in [-0.3, -0.25) is 0 Å². The van der Waals surface area contributed by atoms with Gasteiger partial charge in [-0.25, -0.2) is 4.79 Å². The Hall–Kier alpha value is -3.27. The van der Waals surface area contributed by atoms with E-state index in [4.69, 9.17) is 4.74 Å². The molecule has 4 rings (SSSR count). The molecule has 0 N–H and O–H groups in total. The lowest BCUT2D eigenvalue weighted by Gasteiger charge is -2.08. The Bertz CT molecular complexity index is 1490. The van der Waals surface area contributed by atoms with Gasteiger partial charge >= 0.3 is 5.97 Å². The average Bonchev–Trinajstić information content (AvgIpc) is 3.22. The maximum Gasteiger partial charge on any atom is 0.343 e. The van der Waals surface area contributed by atoms with Gasteiger partial charge < -0.3 is 9.30 Å². The van der Waals surface area contributed by atoms with E-state index in [-0.39, 0.29) is 4.90 Å². The van der Waals surface area contributed by atoms with Gasteiger partial charge in [0.25, 0.3) is 10.0 Å². The molecule has 1 aromatic heterocycles. The van der Waals surface area contributed by atoms with Crippen LogP contribution >= 0.6 is 27.3 Å². The summed E-state index contributed by atoms with van der Waals surface area (Å²) in [5.74, 6) is -0.0318. The molecule has 0 aliphatic heterocycles. The molecule has 9 heteroatoms. The molecular formula is C25H19BrN2O4S2. The predicted octanol–water partition coefficient (Wildman–Crippen LogP) is 5.67. The fourth-order valence-corrected chi connectivity index (χ4v) is 5.54. The summed E-state index contributed by atoms with van der Waals surface area (Å²) in [5, 5.41) is 1.84. The number of aromatic nitrogens is 1. The van der Waals surface area contributed by atoms with E-state index >= 15 is 0 Å². The molecule has 0 amide bonds. The van der Waals surface area contributed by atoms with Crippen LogP contribution in [0, 0.1) is 0 Å². The topological polar surface area (TPSA) is 77.7 Å². The molecule has 0 saturated heterocycles. The largest absolute Gasteiger partial charge is 0.423 e. The van der Waals surface area contributed by atoms with Crippen molar-refractivity contribution in [2.45, 2.75) is 11.4 Å². The Morgan fingerprint density at radius 1 is 1.03 bits per heavy atom. The first-order chi connectivity index (χ1) is 16.4. The number of hydrogen-bond acceptors (Lipinski definition) is 5. The normalized spacial score (nSPS) is 11.9. The summed E-state index contributed by atoms with van der Waals surface area (Å²) < 4.78 is 37.7. The Labute approximate surface area is 209 Å². The van der Waals surface area contributed by atoms with Gasteiger partial charge in [-0.15, -0.1) is 22.3 Å². The molecule has 1 heterocycles. The van der Waals surface area contributed by atoms with Crippen LogP contribution in [0.15, 0.2) is 111 Å². The van der Waals surface area contributed by atoms with Crippen molar-refractivity contribution in [1.29, 1.82) is 0 Å². The Kier molecular flexibility index (Phi) is 7.26. The molecule has 4 aromatic rings. The number of halogens is 1. The van der Waals surface area contributed by atoms with Crippen molar-refractivity contribution in [2.24, 2.45) is 4.40 Å². The summed E-state index contributed by atoms with van der Waals surface area (Å²) in [6, 6.07) is 22.1. The number of nitrogens with zero attached hydrogens (tertiary/aromatic N) is 2. The maximum atomic E-state index is 12.8. The van der Waals surface area contributed by atoms with Crippen molar-refractivity contribution in [3.05, 3.63) is 112 Å². The molecule has 0 aliphatic rings. The van der Waals surface area contributed by atoms with Gasteiger partial charge in [-0.1, -0.05) is 40.2 Å². The molecule has 34 heavy (non-hydrogen) atoms. The standard InChI is InChI=1S/C25H19BrN2O4S2/c1-2-16-28-23(17-33-25(28)27-34(30,31)22-14-10-20(26)11-15-22)18-8-12-21(13-9-18)32-24(29)19-6-4-3-5-7-19/h2-15,17H,1,16H2/b27-25+. The number of ether oxygens (including phenoxy) is 1. The first-order valence-electron chi connectivity index (χ1n) is 10.1. The molecule has 0 unspecified atom stereocenters. The minimum absolute atomic E-state index is 0.111. The second kappa shape index (κ2) is 10.3. The highest BCUT2D eigenvalue weighted by Gasteiger charge is 2.15. The number of esters is 1. The van der Waals surface area contributed by atoms with Crippen molar-refractivity contribution in [1.82, 2.24) is 4.57 Å². The molecule has 0 fully saturated rings. The zero-order valence-electron chi connectivity index (χ0n) is 17.8. The second-order valence-corrected chi connectivity index (χ2v) is 10.5. The van der Waals surface area contributed by atoms with Gasteiger partial charge in [0.1, 0.15) is 5.75 Å². The van der Waals surface area contributed by atoms with E-state index in [1.165, 1.54) is 23.5 Å². The Morgan fingerprint density at radius 2 is 1.71 bits per heavy atom. The monoisotopic (exact) mass is 554 g/mol. The Balaban J connectivity index is 1.64. The van der Waals surface area contributed by atoms with Crippen molar-refractivity contribution in [3.63, 3.8) is 0 Å². The molecule has 0 bridgehead atoms. The van der Waals surface area contributed by atoms with E-state index in [0.717, 1.165) is 15.7 Å². The third-order valence-corrected chi connectivity index (χ3v) is 7.58. The molecule has 0 aliphatic carbocycles. The molecule has 172 valence electrons. The summed E-state index contributed by atoms with van der Waals surface area (Å²) in [5.41, 5.74) is 2.06. The average molecular weight is 555 g/mol. The highest BCUT2D eigenvalue weighted by molar-refractivity contribution is 9.10. The number of carbonyl (C=O) groups is 1. The summed E-state index contributed by atoms with van der Waals surface area (Å²) in [7, 11) is -3.88. The van der Waals surface area contributed by atoms with Crippen LogP contribution in [0.1, 0.15) is 10.4 Å².